The minimum atomic E-state index is -2.10. The molecule has 1 aromatic carbocycles. The third-order valence-corrected chi connectivity index (χ3v) is 3.97. The topological polar surface area (TPSA) is 41.5 Å². The lowest BCUT2D eigenvalue weighted by atomic mass is 9.84. The molecule has 1 aliphatic heterocycles. The zero-order chi connectivity index (χ0) is 15.7. The molecule has 3 nitrogen and oxygen atoms in total. The molecule has 6 heteroatoms. The Kier molecular flexibility index (Phi) is 3.83. The summed E-state index contributed by atoms with van der Waals surface area (Å²) in [6, 6.07) is 6.79. The highest BCUT2D eigenvalue weighted by Crippen LogP contribution is 2.37. The summed E-state index contributed by atoms with van der Waals surface area (Å²) in [5.74, 6) is -1.54. The maximum absolute atomic E-state index is 14.9. The van der Waals surface area contributed by atoms with Crippen LogP contribution in [0.25, 0.3) is 0 Å². The summed E-state index contributed by atoms with van der Waals surface area (Å²) < 4.78 is 29.3. The van der Waals surface area contributed by atoms with Crippen LogP contribution in [0.1, 0.15) is 24.3 Å². The molecule has 0 saturated heterocycles. The van der Waals surface area contributed by atoms with Crippen LogP contribution in [0.4, 0.5) is 8.78 Å². The molecule has 2 unspecified atom stereocenters. The van der Waals surface area contributed by atoms with Crippen molar-refractivity contribution in [2.75, 3.05) is 0 Å². The van der Waals surface area contributed by atoms with Gasteiger partial charge >= 0.3 is 0 Å². The molecular weight excluding hydrogens is 310 g/mol. The highest BCUT2D eigenvalue weighted by Gasteiger charge is 2.37. The number of rotatable bonds is 2. The van der Waals surface area contributed by atoms with Crippen LogP contribution in [-0.2, 0) is 4.79 Å². The molecule has 0 fully saturated rings. The molecule has 1 aromatic rings. The van der Waals surface area contributed by atoms with Gasteiger partial charge in [0, 0.05) is 17.9 Å². The molecular formula is C16H13ClF2N2O. The predicted octanol–water partition coefficient (Wildman–Crippen LogP) is 3.82. The van der Waals surface area contributed by atoms with Crippen molar-refractivity contribution < 1.29 is 13.6 Å². The Bertz CT molecular complexity index is 714. The highest BCUT2D eigenvalue weighted by molar-refractivity contribution is 6.30. The molecule has 1 aliphatic carbocycles. The van der Waals surface area contributed by atoms with Crippen molar-refractivity contribution in [3.05, 3.63) is 58.9 Å². The summed E-state index contributed by atoms with van der Waals surface area (Å²) in [6.45, 7) is 0. The van der Waals surface area contributed by atoms with E-state index in [0.717, 1.165) is 6.08 Å². The Balaban J connectivity index is 1.89. The summed E-state index contributed by atoms with van der Waals surface area (Å²) in [4.78, 5) is 11.1. The van der Waals surface area contributed by atoms with E-state index in [-0.39, 0.29) is 24.5 Å². The Hall–Kier alpha value is -2.01. The van der Waals surface area contributed by atoms with Crippen molar-refractivity contribution in [2.45, 2.75) is 24.4 Å². The van der Waals surface area contributed by atoms with Gasteiger partial charge in [-0.25, -0.2) is 14.2 Å². The van der Waals surface area contributed by atoms with Gasteiger partial charge < -0.3 is 0 Å². The Labute approximate surface area is 131 Å². The van der Waals surface area contributed by atoms with Crippen LogP contribution in [-0.4, -0.2) is 17.3 Å². The Morgan fingerprint density at radius 3 is 2.82 bits per heavy atom. The Morgan fingerprint density at radius 2 is 2.18 bits per heavy atom. The lowest BCUT2D eigenvalue weighted by Gasteiger charge is -2.27. The quantitative estimate of drug-likeness (QED) is 0.826. The molecule has 22 heavy (non-hydrogen) atoms. The largest absolute Gasteiger partial charge is 0.273 e. The molecule has 0 aromatic heterocycles. The monoisotopic (exact) mass is 322 g/mol. The van der Waals surface area contributed by atoms with E-state index in [0.29, 0.717) is 10.6 Å². The third-order valence-electron chi connectivity index (χ3n) is 3.73. The number of amides is 1. The minimum absolute atomic E-state index is 0.100. The van der Waals surface area contributed by atoms with Gasteiger partial charge in [0.15, 0.2) is 5.67 Å². The van der Waals surface area contributed by atoms with Crippen molar-refractivity contribution in [3.63, 3.8) is 0 Å². The second-order valence-electron chi connectivity index (χ2n) is 5.28. The first-order chi connectivity index (χ1) is 10.5. The molecule has 0 saturated carbocycles. The molecule has 1 amide bonds. The van der Waals surface area contributed by atoms with Crippen molar-refractivity contribution in [2.24, 2.45) is 5.10 Å². The third kappa shape index (κ3) is 2.81. The van der Waals surface area contributed by atoms with E-state index in [4.69, 9.17) is 11.6 Å². The highest BCUT2D eigenvalue weighted by atomic mass is 35.5. The number of carbonyl (C=O) groups excluding carboxylic acids is 1. The molecule has 0 spiro atoms. The van der Waals surface area contributed by atoms with Crippen LogP contribution in [0.2, 0.25) is 5.02 Å². The molecule has 1 heterocycles. The van der Waals surface area contributed by atoms with Gasteiger partial charge in [-0.3, -0.25) is 4.79 Å². The lowest BCUT2D eigenvalue weighted by molar-refractivity contribution is -0.121. The van der Waals surface area contributed by atoms with Crippen LogP contribution < -0.4 is 5.43 Å². The molecule has 0 bridgehead atoms. The van der Waals surface area contributed by atoms with Gasteiger partial charge in [0.2, 0.25) is 5.91 Å². The number of benzene rings is 1. The van der Waals surface area contributed by atoms with Crippen molar-refractivity contribution in [1.29, 1.82) is 0 Å². The van der Waals surface area contributed by atoms with Crippen molar-refractivity contribution >= 4 is 23.2 Å². The van der Waals surface area contributed by atoms with E-state index >= 15 is 0 Å². The van der Waals surface area contributed by atoms with E-state index in [9.17, 15) is 13.6 Å². The number of hydrogen-bond donors (Lipinski definition) is 1. The fourth-order valence-corrected chi connectivity index (χ4v) is 2.77. The molecule has 0 radical (unpaired) electrons. The number of carbonyl (C=O) groups is 1. The summed E-state index contributed by atoms with van der Waals surface area (Å²) in [5, 5.41) is 4.21. The molecule has 1 N–H and O–H groups in total. The average Bonchev–Trinajstić information content (AvgIpc) is 2.47. The van der Waals surface area contributed by atoms with Crippen LogP contribution in [0.15, 0.2) is 53.4 Å². The van der Waals surface area contributed by atoms with Gasteiger partial charge in [0.05, 0.1) is 11.6 Å². The Morgan fingerprint density at radius 1 is 1.36 bits per heavy atom. The zero-order valence-electron chi connectivity index (χ0n) is 11.5. The van der Waals surface area contributed by atoms with E-state index < -0.39 is 17.4 Å². The molecule has 114 valence electrons. The van der Waals surface area contributed by atoms with Crippen LogP contribution >= 0.6 is 11.6 Å². The van der Waals surface area contributed by atoms with E-state index in [2.05, 4.69) is 10.5 Å². The van der Waals surface area contributed by atoms with Crippen LogP contribution in [0, 0.1) is 0 Å². The fraction of sp³-hybridized carbons (Fsp3) is 0.250. The van der Waals surface area contributed by atoms with E-state index in [1.54, 1.807) is 24.3 Å². The predicted molar refractivity (Wildman–Crippen MR) is 81.2 cm³/mol. The van der Waals surface area contributed by atoms with Crippen LogP contribution in [0.5, 0.6) is 0 Å². The van der Waals surface area contributed by atoms with Gasteiger partial charge in [0.1, 0.15) is 5.83 Å². The van der Waals surface area contributed by atoms with Crippen LogP contribution in [0.3, 0.4) is 0 Å². The average molecular weight is 323 g/mol. The first-order valence-electron chi connectivity index (χ1n) is 6.86. The van der Waals surface area contributed by atoms with Gasteiger partial charge in [-0.05, 0) is 29.8 Å². The first-order valence-corrected chi connectivity index (χ1v) is 7.23. The fourth-order valence-electron chi connectivity index (χ4n) is 2.57. The number of nitrogens with zero attached hydrogens (tertiary/aromatic N) is 1. The molecule has 3 rings (SSSR count). The number of hydrazone groups is 1. The number of hydrogen-bond acceptors (Lipinski definition) is 2. The lowest BCUT2D eigenvalue weighted by Crippen LogP contribution is -2.38. The first kappa shape index (κ1) is 14.9. The number of alkyl halides is 1. The molecule has 2 aliphatic rings. The van der Waals surface area contributed by atoms with Crippen molar-refractivity contribution in [3.8, 4) is 0 Å². The standard InChI is InChI=1S/C16H13ClF2N2O/c17-11-3-1-2-10(8-11)12-6-7-16(19,9-13(12)18)14-4-5-15(22)21-20-14/h1-3,6-9,12H,4-5H2,(H,21,22). The summed E-state index contributed by atoms with van der Waals surface area (Å²) >= 11 is 5.90. The minimum Gasteiger partial charge on any atom is -0.273 e. The van der Waals surface area contributed by atoms with E-state index in [1.807, 2.05) is 0 Å². The zero-order valence-corrected chi connectivity index (χ0v) is 12.3. The normalized spacial score (nSPS) is 28.0. The number of allylic oxidation sites excluding steroid dienone is 4. The van der Waals surface area contributed by atoms with Gasteiger partial charge in [-0.2, -0.15) is 5.10 Å². The summed E-state index contributed by atoms with van der Waals surface area (Å²) in [5.41, 5.74) is 0.873. The second-order valence-corrected chi connectivity index (χ2v) is 5.72. The number of halogens is 3. The second kappa shape index (κ2) is 5.65. The number of nitrogens with one attached hydrogen (secondary N) is 1. The van der Waals surface area contributed by atoms with Crippen molar-refractivity contribution in [1.82, 2.24) is 5.43 Å². The summed E-state index contributed by atoms with van der Waals surface area (Å²) in [6.07, 6.45) is 3.95. The smallest absolute Gasteiger partial charge is 0.240 e. The van der Waals surface area contributed by atoms with Gasteiger partial charge in [0.25, 0.3) is 0 Å². The van der Waals surface area contributed by atoms with Gasteiger partial charge in [-0.1, -0.05) is 29.8 Å². The maximum atomic E-state index is 14.9. The molecule has 2 atom stereocenters. The SMILES string of the molecule is O=C1CCC(C2(F)C=CC(c3cccc(Cl)c3)C(F)=C2)=NN1. The van der Waals surface area contributed by atoms with E-state index in [1.165, 1.54) is 12.2 Å². The van der Waals surface area contributed by atoms with Gasteiger partial charge in [-0.15, -0.1) is 0 Å². The summed E-state index contributed by atoms with van der Waals surface area (Å²) in [7, 11) is 0. The maximum Gasteiger partial charge on any atom is 0.240 e.